The number of rotatable bonds is 2. The van der Waals surface area contributed by atoms with Crippen LogP contribution in [-0.4, -0.2) is 14.4 Å². The largest absolute Gasteiger partial charge is 0.270 e. The fourth-order valence-electron chi connectivity index (χ4n) is 0.0968. The monoisotopic (exact) mass is 138 g/mol. The third kappa shape index (κ3) is 2.36. The minimum atomic E-state index is -3.95. The lowest BCUT2D eigenvalue weighted by Gasteiger charge is -1.88. The smallest absolute Gasteiger partial charge is 0.232 e. The Balaban J connectivity index is 4.01. The molecule has 0 fully saturated rings. The molecule has 0 saturated heterocycles. The van der Waals surface area contributed by atoms with Gasteiger partial charge in [0, 0.05) is 0 Å². The lowest BCUT2D eigenvalue weighted by Crippen LogP contribution is -2.18. The van der Waals surface area contributed by atoms with E-state index in [9.17, 15) is 12.8 Å². The minimum Gasteiger partial charge on any atom is -0.232 e. The molecule has 0 aromatic carbocycles. The normalized spacial score (nSPS) is 10.0. The fraction of sp³-hybridized carbons (Fsp3) is 0.500. The summed E-state index contributed by atoms with van der Waals surface area (Å²) in [6.07, 6.45) is 1.08. The molecule has 0 saturated carbocycles. The van der Waals surface area contributed by atoms with Gasteiger partial charge in [-0.25, -0.2) is 17.5 Å². The standard InChI is InChI=1S/C2H3FN2O2S/c3-1-8(6,7)5-2-4/h5H,1H2. The van der Waals surface area contributed by atoms with Crippen LogP contribution in [0.3, 0.4) is 0 Å². The highest BCUT2D eigenvalue weighted by molar-refractivity contribution is 7.89. The van der Waals surface area contributed by atoms with Gasteiger partial charge >= 0.3 is 0 Å². The van der Waals surface area contributed by atoms with Crippen molar-refractivity contribution in [2.45, 2.75) is 0 Å². The third-order valence-corrected chi connectivity index (χ3v) is 1.03. The molecule has 0 atom stereocenters. The summed E-state index contributed by atoms with van der Waals surface area (Å²) in [4.78, 5) is 0. The number of halogens is 1. The quantitative estimate of drug-likeness (QED) is 0.405. The molecular formula is C2H3FN2O2S. The summed E-state index contributed by atoms with van der Waals surface area (Å²) >= 11 is 0. The molecule has 46 valence electrons. The van der Waals surface area contributed by atoms with Crippen molar-refractivity contribution in [3.63, 3.8) is 0 Å². The highest BCUT2D eigenvalue weighted by atomic mass is 32.2. The van der Waals surface area contributed by atoms with E-state index in [0.29, 0.717) is 0 Å². The molecule has 0 radical (unpaired) electrons. The molecule has 0 aliphatic carbocycles. The van der Waals surface area contributed by atoms with Crippen molar-refractivity contribution in [1.29, 1.82) is 5.26 Å². The van der Waals surface area contributed by atoms with E-state index >= 15 is 0 Å². The molecule has 1 N–H and O–H groups in total. The van der Waals surface area contributed by atoms with Crippen LogP contribution in [0.5, 0.6) is 0 Å². The van der Waals surface area contributed by atoms with Gasteiger partial charge in [0.2, 0.25) is 6.01 Å². The summed E-state index contributed by atoms with van der Waals surface area (Å²) in [6, 6.07) is -1.56. The van der Waals surface area contributed by atoms with Crippen LogP contribution >= 0.6 is 0 Å². The molecular weight excluding hydrogens is 135 g/mol. The second-order valence-corrected chi connectivity index (χ2v) is 2.59. The predicted octanol–water partition coefficient (Wildman–Crippen LogP) is -0.686. The van der Waals surface area contributed by atoms with E-state index in [1.807, 2.05) is 0 Å². The Hall–Kier alpha value is -0.830. The summed E-state index contributed by atoms with van der Waals surface area (Å²) < 4.78 is 32.2. The van der Waals surface area contributed by atoms with Gasteiger partial charge in [-0.15, -0.1) is 0 Å². The summed E-state index contributed by atoms with van der Waals surface area (Å²) in [5.41, 5.74) is 0. The van der Waals surface area contributed by atoms with E-state index in [-0.39, 0.29) is 0 Å². The van der Waals surface area contributed by atoms with Gasteiger partial charge in [0.05, 0.1) is 0 Å². The Labute approximate surface area is 46.0 Å². The van der Waals surface area contributed by atoms with Crippen LogP contribution in [-0.2, 0) is 10.0 Å². The van der Waals surface area contributed by atoms with Crippen molar-refractivity contribution >= 4 is 10.0 Å². The Morgan fingerprint density at radius 3 is 2.38 bits per heavy atom. The zero-order valence-corrected chi connectivity index (χ0v) is 4.57. The van der Waals surface area contributed by atoms with Gasteiger partial charge in [-0.05, 0) is 0 Å². The molecule has 0 amide bonds. The second kappa shape index (κ2) is 2.47. The summed E-state index contributed by atoms with van der Waals surface area (Å²) in [5.74, 6) is 0. The predicted molar refractivity (Wildman–Crippen MR) is 23.6 cm³/mol. The molecule has 0 aliphatic heterocycles. The van der Waals surface area contributed by atoms with Crippen molar-refractivity contribution in [2.75, 3.05) is 6.01 Å². The van der Waals surface area contributed by atoms with Crippen molar-refractivity contribution in [3.8, 4) is 6.19 Å². The van der Waals surface area contributed by atoms with Crippen LogP contribution in [0.1, 0.15) is 0 Å². The van der Waals surface area contributed by atoms with Crippen LogP contribution < -0.4 is 4.72 Å². The lowest BCUT2D eigenvalue weighted by molar-refractivity contribution is 0.531. The van der Waals surface area contributed by atoms with E-state index in [0.717, 1.165) is 6.19 Å². The number of nitrogens with zero attached hydrogens (tertiary/aromatic N) is 1. The van der Waals surface area contributed by atoms with E-state index in [1.54, 1.807) is 0 Å². The van der Waals surface area contributed by atoms with Crippen LogP contribution in [0.15, 0.2) is 0 Å². The topological polar surface area (TPSA) is 70.0 Å². The maximum absolute atomic E-state index is 11.2. The highest BCUT2D eigenvalue weighted by Crippen LogP contribution is 1.79. The van der Waals surface area contributed by atoms with Gasteiger partial charge < -0.3 is 0 Å². The summed E-state index contributed by atoms with van der Waals surface area (Å²) in [6.45, 7) is 0. The number of hydrogen-bond donors (Lipinski definition) is 1. The number of sulfonamides is 1. The lowest BCUT2D eigenvalue weighted by atomic mass is 11.5. The van der Waals surface area contributed by atoms with Crippen LogP contribution in [0.2, 0.25) is 0 Å². The Morgan fingerprint density at radius 2 is 2.25 bits per heavy atom. The zero-order valence-electron chi connectivity index (χ0n) is 3.76. The van der Waals surface area contributed by atoms with Crippen molar-refractivity contribution in [2.24, 2.45) is 0 Å². The molecule has 4 nitrogen and oxygen atoms in total. The first kappa shape index (κ1) is 7.17. The number of nitriles is 1. The average molecular weight is 138 g/mol. The van der Waals surface area contributed by atoms with Crippen LogP contribution in [0.4, 0.5) is 4.39 Å². The average Bonchev–Trinajstić information content (AvgIpc) is 1.67. The molecule has 0 unspecified atom stereocenters. The zero-order chi connectivity index (χ0) is 6.62. The number of nitrogens with one attached hydrogen (secondary N) is 1. The number of hydrogen-bond acceptors (Lipinski definition) is 3. The molecule has 8 heavy (non-hydrogen) atoms. The number of alkyl halides is 1. The molecule has 0 rings (SSSR count). The first-order chi connectivity index (χ1) is 3.62. The van der Waals surface area contributed by atoms with E-state index in [1.165, 1.54) is 4.72 Å². The Morgan fingerprint density at radius 1 is 1.75 bits per heavy atom. The van der Waals surface area contributed by atoms with E-state index in [4.69, 9.17) is 5.26 Å². The Bertz CT molecular complexity index is 191. The fourth-order valence-corrected chi connectivity index (χ4v) is 0.290. The Kier molecular flexibility index (Phi) is 2.21. The SMILES string of the molecule is N#CNS(=O)(=O)CF. The molecule has 0 bridgehead atoms. The summed E-state index contributed by atoms with van der Waals surface area (Å²) in [5, 5.41) is 7.63. The molecule has 0 aliphatic rings. The molecule has 0 spiro atoms. The van der Waals surface area contributed by atoms with Gasteiger partial charge in [0.1, 0.15) is 0 Å². The van der Waals surface area contributed by atoms with Gasteiger partial charge in [0.25, 0.3) is 10.0 Å². The van der Waals surface area contributed by atoms with E-state index in [2.05, 4.69) is 0 Å². The van der Waals surface area contributed by atoms with Gasteiger partial charge in [-0.1, -0.05) is 0 Å². The minimum absolute atomic E-state index is 1.08. The van der Waals surface area contributed by atoms with Crippen LogP contribution in [0.25, 0.3) is 0 Å². The third-order valence-electron chi connectivity index (χ3n) is 0.345. The van der Waals surface area contributed by atoms with Crippen molar-refractivity contribution < 1.29 is 12.8 Å². The first-order valence-electron chi connectivity index (χ1n) is 1.57. The molecule has 6 heteroatoms. The maximum Gasteiger partial charge on any atom is 0.270 e. The highest BCUT2D eigenvalue weighted by Gasteiger charge is 2.04. The van der Waals surface area contributed by atoms with Gasteiger partial charge in [0.15, 0.2) is 6.19 Å². The van der Waals surface area contributed by atoms with Crippen molar-refractivity contribution in [1.82, 2.24) is 4.72 Å². The van der Waals surface area contributed by atoms with Crippen LogP contribution in [0, 0.1) is 11.5 Å². The van der Waals surface area contributed by atoms with E-state index < -0.39 is 16.0 Å². The van der Waals surface area contributed by atoms with Gasteiger partial charge in [-0.2, -0.15) is 5.26 Å². The first-order valence-corrected chi connectivity index (χ1v) is 3.22. The molecule has 0 aromatic heterocycles. The van der Waals surface area contributed by atoms with Crippen molar-refractivity contribution in [3.05, 3.63) is 0 Å². The summed E-state index contributed by atoms with van der Waals surface area (Å²) in [7, 11) is -3.95. The maximum atomic E-state index is 11.2. The molecule has 0 heterocycles. The van der Waals surface area contributed by atoms with Gasteiger partial charge in [-0.3, -0.25) is 0 Å². The second-order valence-electron chi connectivity index (χ2n) is 0.938. The molecule has 0 aromatic rings.